The number of rotatable bonds is 5. The van der Waals surface area contributed by atoms with Gasteiger partial charge in [0.25, 0.3) is 0 Å². The lowest BCUT2D eigenvalue weighted by atomic mass is 10.0. The molecule has 1 heterocycles. The van der Waals surface area contributed by atoms with E-state index in [1.165, 1.54) is 12.0 Å². The average Bonchev–Trinajstić information content (AvgIpc) is 2.24. The normalized spacial score (nSPS) is 13.8. The van der Waals surface area contributed by atoms with Crippen molar-refractivity contribution >= 4 is 0 Å². The van der Waals surface area contributed by atoms with Gasteiger partial charge in [-0.2, -0.15) is 0 Å². The number of hydrogen-bond acceptors (Lipinski definition) is 2. The quantitative estimate of drug-likeness (QED) is 0.825. The van der Waals surface area contributed by atoms with Gasteiger partial charge in [-0.1, -0.05) is 13.0 Å². The highest BCUT2D eigenvalue weighted by Gasteiger charge is 2.10. The summed E-state index contributed by atoms with van der Waals surface area (Å²) in [6, 6.07) is 4.16. The molecule has 16 heavy (non-hydrogen) atoms. The van der Waals surface area contributed by atoms with Crippen molar-refractivity contribution in [3.63, 3.8) is 0 Å². The van der Waals surface area contributed by atoms with E-state index in [1.807, 2.05) is 18.5 Å². The van der Waals surface area contributed by atoms with Crippen LogP contribution in [0.2, 0.25) is 0 Å². The molecule has 0 saturated heterocycles. The van der Waals surface area contributed by atoms with E-state index in [0.29, 0.717) is 5.92 Å². The zero-order valence-electron chi connectivity index (χ0n) is 11.0. The Hall–Kier alpha value is -0.890. The van der Waals surface area contributed by atoms with Crippen LogP contribution >= 0.6 is 0 Å². The predicted molar refractivity (Wildman–Crippen MR) is 69.5 cm³/mol. The summed E-state index contributed by atoms with van der Waals surface area (Å²) in [5, 5.41) is 3.54. The molecule has 0 aliphatic carbocycles. The van der Waals surface area contributed by atoms with E-state index in [2.05, 4.69) is 44.1 Å². The number of aromatic nitrogens is 1. The summed E-state index contributed by atoms with van der Waals surface area (Å²) in [7, 11) is 0. The number of hydrogen-bond donors (Lipinski definition) is 1. The van der Waals surface area contributed by atoms with Gasteiger partial charge in [0.05, 0.1) is 0 Å². The zero-order valence-corrected chi connectivity index (χ0v) is 11.0. The van der Waals surface area contributed by atoms with Crippen LogP contribution in [0.4, 0.5) is 0 Å². The first-order valence-corrected chi connectivity index (χ1v) is 6.11. The molecule has 0 bridgehead atoms. The Balaban J connectivity index is 2.23. The summed E-state index contributed by atoms with van der Waals surface area (Å²) in [4.78, 5) is 4.13. The SMILES string of the molecule is CC(CCc1cccnc1)CNC(C)(C)C. The molecular weight excluding hydrogens is 196 g/mol. The fourth-order valence-corrected chi connectivity index (χ4v) is 1.54. The van der Waals surface area contributed by atoms with E-state index >= 15 is 0 Å². The Morgan fingerprint density at radius 2 is 2.12 bits per heavy atom. The van der Waals surface area contributed by atoms with Gasteiger partial charge in [0.1, 0.15) is 0 Å². The Kier molecular flexibility index (Phi) is 4.94. The minimum Gasteiger partial charge on any atom is -0.312 e. The number of aryl methyl sites for hydroxylation is 1. The highest BCUT2D eigenvalue weighted by Crippen LogP contribution is 2.09. The molecule has 1 unspecified atom stereocenters. The molecule has 2 heteroatoms. The van der Waals surface area contributed by atoms with Gasteiger partial charge in [0.2, 0.25) is 0 Å². The van der Waals surface area contributed by atoms with Gasteiger partial charge in [-0.05, 0) is 57.7 Å². The number of pyridine rings is 1. The minimum absolute atomic E-state index is 0.225. The van der Waals surface area contributed by atoms with Crippen LogP contribution in [0.15, 0.2) is 24.5 Å². The fraction of sp³-hybridized carbons (Fsp3) is 0.643. The third kappa shape index (κ3) is 5.86. The van der Waals surface area contributed by atoms with Gasteiger partial charge < -0.3 is 5.32 Å². The maximum absolute atomic E-state index is 4.13. The summed E-state index contributed by atoms with van der Waals surface area (Å²) in [6.07, 6.45) is 6.13. The summed E-state index contributed by atoms with van der Waals surface area (Å²) >= 11 is 0. The maximum Gasteiger partial charge on any atom is 0.0299 e. The van der Waals surface area contributed by atoms with E-state index in [-0.39, 0.29) is 5.54 Å². The molecule has 1 atom stereocenters. The topological polar surface area (TPSA) is 24.9 Å². The van der Waals surface area contributed by atoms with Crippen molar-refractivity contribution in [2.45, 2.75) is 46.1 Å². The first-order chi connectivity index (χ1) is 7.47. The first kappa shape index (κ1) is 13.2. The fourth-order valence-electron chi connectivity index (χ4n) is 1.54. The van der Waals surface area contributed by atoms with Gasteiger partial charge in [-0.3, -0.25) is 4.98 Å². The molecule has 2 nitrogen and oxygen atoms in total. The van der Waals surface area contributed by atoms with Crippen molar-refractivity contribution in [2.75, 3.05) is 6.54 Å². The van der Waals surface area contributed by atoms with Gasteiger partial charge in [-0.25, -0.2) is 0 Å². The minimum atomic E-state index is 0.225. The van der Waals surface area contributed by atoms with Crippen LogP contribution < -0.4 is 5.32 Å². The molecule has 0 saturated carbocycles. The van der Waals surface area contributed by atoms with Crippen molar-refractivity contribution in [1.29, 1.82) is 0 Å². The second-order valence-electron chi connectivity index (χ2n) is 5.64. The molecule has 1 N–H and O–H groups in total. The molecule has 0 aromatic carbocycles. The lowest BCUT2D eigenvalue weighted by molar-refractivity contribution is 0.372. The lowest BCUT2D eigenvalue weighted by Gasteiger charge is -2.23. The first-order valence-electron chi connectivity index (χ1n) is 6.11. The highest BCUT2D eigenvalue weighted by atomic mass is 14.9. The highest BCUT2D eigenvalue weighted by molar-refractivity contribution is 5.08. The smallest absolute Gasteiger partial charge is 0.0299 e. The van der Waals surface area contributed by atoms with Gasteiger partial charge >= 0.3 is 0 Å². The van der Waals surface area contributed by atoms with E-state index in [0.717, 1.165) is 13.0 Å². The molecule has 90 valence electrons. The number of nitrogens with zero attached hydrogens (tertiary/aromatic N) is 1. The Bertz CT molecular complexity index is 287. The van der Waals surface area contributed by atoms with Crippen molar-refractivity contribution in [3.05, 3.63) is 30.1 Å². The summed E-state index contributed by atoms with van der Waals surface area (Å²) in [5.41, 5.74) is 1.56. The van der Waals surface area contributed by atoms with Crippen LogP contribution in [0.3, 0.4) is 0 Å². The van der Waals surface area contributed by atoms with Crippen LogP contribution in [-0.2, 0) is 6.42 Å². The molecule has 1 aromatic rings. The third-order valence-electron chi connectivity index (χ3n) is 2.63. The van der Waals surface area contributed by atoms with Crippen molar-refractivity contribution in [3.8, 4) is 0 Å². The monoisotopic (exact) mass is 220 g/mol. The van der Waals surface area contributed by atoms with Gasteiger partial charge in [-0.15, -0.1) is 0 Å². The molecule has 0 fully saturated rings. The second kappa shape index (κ2) is 6.00. The van der Waals surface area contributed by atoms with Crippen molar-refractivity contribution in [2.24, 2.45) is 5.92 Å². The van der Waals surface area contributed by atoms with Crippen LogP contribution in [-0.4, -0.2) is 17.1 Å². The Labute approximate surface area is 99.5 Å². The predicted octanol–water partition coefficient (Wildman–Crippen LogP) is 3.04. The van der Waals surface area contributed by atoms with E-state index < -0.39 is 0 Å². The Morgan fingerprint density at radius 1 is 1.38 bits per heavy atom. The molecule has 0 aliphatic heterocycles. The third-order valence-corrected chi connectivity index (χ3v) is 2.63. The molecular formula is C14H24N2. The van der Waals surface area contributed by atoms with E-state index in [9.17, 15) is 0 Å². The maximum atomic E-state index is 4.13. The average molecular weight is 220 g/mol. The molecule has 0 radical (unpaired) electrons. The molecule has 0 spiro atoms. The standard InChI is InChI=1S/C14H24N2/c1-12(10-16-14(2,3)4)7-8-13-6-5-9-15-11-13/h5-6,9,11-12,16H,7-8,10H2,1-4H3. The van der Waals surface area contributed by atoms with Crippen LogP contribution in [0.5, 0.6) is 0 Å². The van der Waals surface area contributed by atoms with Crippen molar-refractivity contribution in [1.82, 2.24) is 10.3 Å². The van der Waals surface area contributed by atoms with Crippen molar-refractivity contribution < 1.29 is 0 Å². The zero-order chi connectivity index (χ0) is 12.0. The van der Waals surface area contributed by atoms with Crippen LogP contribution in [0.25, 0.3) is 0 Å². The van der Waals surface area contributed by atoms with E-state index in [4.69, 9.17) is 0 Å². The van der Waals surface area contributed by atoms with E-state index in [1.54, 1.807) is 0 Å². The largest absolute Gasteiger partial charge is 0.312 e. The van der Waals surface area contributed by atoms with Gasteiger partial charge in [0, 0.05) is 17.9 Å². The second-order valence-corrected chi connectivity index (χ2v) is 5.64. The Morgan fingerprint density at radius 3 is 2.69 bits per heavy atom. The van der Waals surface area contributed by atoms with Crippen LogP contribution in [0.1, 0.15) is 39.7 Å². The lowest BCUT2D eigenvalue weighted by Crippen LogP contribution is -2.38. The summed E-state index contributed by atoms with van der Waals surface area (Å²) < 4.78 is 0. The molecule has 0 aliphatic rings. The molecule has 0 amide bonds. The van der Waals surface area contributed by atoms with Gasteiger partial charge in [0.15, 0.2) is 0 Å². The summed E-state index contributed by atoms with van der Waals surface area (Å²) in [6.45, 7) is 10.0. The molecule has 1 rings (SSSR count). The number of nitrogens with one attached hydrogen (secondary N) is 1. The molecule has 1 aromatic heterocycles. The summed E-state index contributed by atoms with van der Waals surface area (Å²) in [5.74, 6) is 0.708. The van der Waals surface area contributed by atoms with Crippen LogP contribution in [0, 0.1) is 5.92 Å².